The fourth-order valence-corrected chi connectivity index (χ4v) is 7.99. The number of hydrogen-bond acceptors (Lipinski definition) is 6. The zero-order valence-electron chi connectivity index (χ0n) is 40.4. The molecule has 0 aliphatic rings. The molecule has 59 heavy (non-hydrogen) atoms. The lowest BCUT2D eigenvalue weighted by Crippen LogP contribution is -2.30. The van der Waals surface area contributed by atoms with Crippen LogP contribution < -0.4 is 0 Å². The van der Waals surface area contributed by atoms with Gasteiger partial charge in [-0.15, -0.1) is 0 Å². The summed E-state index contributed by atoms with van der Waals surface area (Å²) >= 11 is 0. The molecule has 350 valence electrons. The molecule has 0 amide bonds. The van der Waals surface area contributed by atoms with Crippen molar-refractivity contribution in [3.63, 3.8) is 0 Å². The Labute approximate surface area is 368 Å². The number of carbonyl (C=O) groups is 3. The van der Waals surface area contributed by atoms with Gasteiger partial charge in [0.25, 0.3) is 0 Å². The second-order valence-electron chi connectivity index (χ2n) is 19.1. The summed E-state index contributed by atoms with van der Waals surface area (Å²) in [6, 6.07) is 0. The van der Waals surface area contributed by atoms with E-state index in [1.807, 2.05) is 0 Å². The van der Waals surface area contributed by atoms with Crippen LogP contribution in [-0.2, 0) is 28.6 Å². The van der Waals surface area contributed by atoms with Gasteiger partial charge in [0.15, 0.2) is 6.10 Å². The summed E-state index contributed by atoms with van der Waals surface area (Å²) in [7, 11) is 0. The van der Waals surface area contributed by atoms with Gasteiger partial charge in [-0.05, 0) is 31.1 Å². The SMILES string of the molecule is CCCCCCCCCCCCCCCCCCCCC(=O)OC[C@@H](COC(=O)CCCCCCCCCCCCC(C)C)OC(=O)CCCCCCCCCC(C)C. The minimum atomic E-state index is -0.762. The molecule has 1 atom stereocenters. The highest BCUT2D eigenvalue weighted by Crippen LogP contribution is 2.17. The Kier molecular flexibility index (Phi) is 44.7. The smallest absolute Gasteiger partial charge is 0.306 e. The van der Waals surface area contributed by atoms with Gasteiger partial charge in [-0.3, -0.25) is 14.4 Å². The van der Waals surface area contributed by atoms with Gasteiger partial charge in [0.1, 0.15) is 13.2 Å². The lowest BCUT2D eigenvalue weighted by molar-refractivity contribution is -0.167. The third-order valence-electron chi connectivity index (χ3n) is 12.0. The maximum Gasteiger partial charge on any atom is 0.306 e. The van der Waals surface area contributed by atoms with Crippen LogP contribution >= 0.6 is 0 Å². The highest BCUT2D eigenvalue weighted by molar-refractivity contribution is 5.71. The fraction of sp³-hybridized carbons (Fsp3) is 0.943. The molecule has 0 N–H and O–H groups in total. The van der Waals surface area contributed by atoms with Crippen LogP contribution in [0.2, 0.25) is 0 Å². The van der Waals surface area contributed by atoms with Crippen molar-refractivity contribution >= 4 is 17.9 Å². The molecule has 6 heteroatoms. The van der Waals surface area contributed by atoms with Gasteiger partial charge in [-0.25, -0.2) is 0 Å². The highest BCUT2D eigenvalue weighted by atomic mass is 16.6. The van der Waals surface area contributed by atoms with Crippen molar-refractivity contribution in [2.45, 2.75) is 298 Å². The first-order valence-electron chi connectivity index (χ1n) is 26.2. The van der Waals surface area contributed by atoms with Crippen molar-refractivity contribution in [2.24, 2.45) is 11.8 Å². The van der Waals surface area contributed by atoms with Crippen molar-refractivity contribution in [1.29, 1.82) is 0 Å². The molecule has 0 aliphatic carbocycles. The average molecular weight is 835 g/mol. The number of unbranched alkanes of at least 4 members (excludes halogenated alkanes) is 32. The van der Waals surface area contributed by atoms with E-state index >= 15 is 0 Å². The second kappa shape index (κ2) is 45.9. The molecule has 6 nitrogen and oxygen atoms in total. The van der Waals surface area contributed by atoms with Crippen molar-refractivity contribution in [2.75, 3.05) is 13.2 Å². The predicted octanol–water partition coefficient (Wildman–Crippen LogP) is 16.9. The van der Waals surface area contributed by atoms with Gasteiger partial charge in [0.05, 0.1) is 0 Å². The third kappa shape index (κ3) is 47.3. The summed E-state index contributed by atoms with van der Waals surface area (Å²) in [5.74, 6) is 0.744. The second-order valence-corrected chi connectivity index (χ2v) is 19.1. The van der Waals surface area contributed by atoms with E-state index in [-0.39, 0.29) is 31.1 Å². The normalized spacial score (nSPS) is 12.1. The lowest BCUT2D eigenvalue weighted by Gasteiger charge is -2.18. The van der Waals surface area contributed by atoms with E-state index in [2.05, 4.69) is 34.6 Å². The van der Waals surface area contributed by atoms with Crippen LogP contribution in [0.25, 0.3) is 0 Å². The number of esters is 3. The zero-order chi connectivity index (χ0) is 43.3. The summed E-state index contributed by atoms with van der Waals surface area (Å²) in [6.07, 6.45) is 46.7. The standard InChI is InChI=1S/C53H102O6/c1-6-7-8-9-10-11-12-13-14-15-16-17-18-19-23-28-33-38-43-51(54)57-46-50(59-53(56)45-40-35-30-25-27-32-37-42-49(4)5)47-58-52(55)44-39-34-29-24-21-20-22-26-31-36-41-48(2)3/h48-50H,6-47H2,1-5H3/t50-/m0/s1. The van der Waals surface area contributed by atoms with Crippen molar-refractivity contribution < 1.29 is 28.6 Å². The van der Waals surface area contributed by atoms with E-state index in [4.69, 9.17) is 14.2 Å². The summed E-state index contributed by atoms with van der Waals surface area (Å²) < 4.78 is 16.8. The molecule has 0 aliphatic heterocycles. The van der Waals surface area contributed by atoms with Crippen LogP contribution in [0.1, 0.15) is 291 Å². The quantitative estimate of drug-likeness (QED) is 0.0345. The number of rotatable bonds is 47. The van der Waals surface area contributed by atoms with E-state index < -0.39 is 6.10 Å². The molecule has 0 spiro atoms. The molecule has 0 saturated carbocycles. The molecule has 0 radical (unpaired) electrons. The molecule has 0 fully saturated rings. The molecule has 0 heterocycles. The monoisotopic (exact) mass is 835 g/mol. The summed E-state index contributed by atoms with van der Waals surface area (Å²) in [4.78, 5) is 37.9. The minimum absolute atomic E-state index is 0.0645. The Balaban J connectivity index is 4.24. The predicted molar refractivity (Wildman–Crippen MR) is 252 cm³/mol. The Morgan fingerprint density at radius 1 is 0.322 bits per heavy atom. The van der Waals surface area contributed by atoms with Crippen molar-refractivity contribution in [1.82, 2.24) is 0 Å². The number of ether oxygens (including phenoxy) is 3. The third-order valence-corrected chi connectivity index (χ3v) is 12.0. The topological polar surface area (TPSA) is 78.9 Å². The first kappa shape index (κ1) is 57.4. The molecular weight excluding hydrogens is 733 g/mol. The first-order chi connectivity index (χ1) is 28.7. The van der Waals surface area contributed by atoms with E-state index in [9.17, 15) is 14.4 Å². The van der Waals surface area contributed by atoms with Gasteiger partial charge in [0, 0.05) is 19.3 Å². The van der Waals surface area contributed by atoms with Crippen LogP contribution in [0.4, 0.5) is 0 Å². The largest absolute Gasteiger partial charge is 0.462 e. The summed E-state index contributed by atoms with van der Waals surface area (Å²) in [5.41, 5.74) is 0. The van der Waals surface area contributed by atoms with Crippen LogP contribution in [0.15, 0.2) is 0 Å². The van der Waals surface area contributed by atoms with Crippen LogP contribution in [0.3, 0.4) is 0 Å². The number of hydrogen-bond donors (Lipinski definition) is 0. The molecule has 0 aromatic heterocycles. The molecule has 0 unspecified atom stereocenters. The Morgan fingerprint density at radius 3 is 0.831 bits per heavy atom. The van der Waals surface area contributed by atoms with E-state index in [0.29, 0.717) is 19.3 Å². The maximum atomic E-state index is 12.7. The van der Waals surface area contributed by atoms with Gasteiger partial charge in [-0.1, -0.05) is 253 Å². The minimum Gasteiger partial charge on any atom is -0.462 e. The number of carbonyl (C=O) groups excluding carboxylic acids is 3. The Hall–Kier alpha value is -1.59. The molecule has 0 bridgehead atoms. The molecular formula is C53H102O6. The van der Waals surface area contributed by atoms with Crippen molar-refractivity contribution in [3.8, 4) is 0 Å². The van der Waals surface area contributed by atoms with E-state index in [1.165, 1.54) is 180 Å². The molecule has 0 aromatic rings. The Morgan fingerprint density at radius 2 is 0.559 bits per heavy atom. The van der Waals surface area contributed by atoms with Crippen LogP contribution in [0, 0.1) is 11.8 Å². The average Bonchev–Trinajstić information content (AvgIpc) is 3.20. The van der Waals surface area contributed by atoms with E-state index in [1.54, 1.807) is 0 Å². The van der Waals surface area contributed by atoms with Gasteiger partial charge in [0.2, 0.25) is 0 Å². The van der Waals surface area contributed by atoms with E-state index in [0.717, 1.165) is 69.6 Å². The Bertz CT molecular complexity index is 900. The van der Waals surface area contributed by atoms with Crippen molar-refractivity contribution in [3.05, 3.63) is 0 Å². The molecule has 0 saturated heterocycles. The van der Waals surface area contributed by atoms with Gasteiger partial charge < -0.3 is 14.2 Å². The summed E-state index contributed by atoms with van der Waals surface area (Å²) in [6.45, 7) is 11.3. The van der Waals surface area contributed by atoms with Crippen LogP contribution in [0.5, 0.6) is 0 Å². The van der Waals surface area contributed by atoms with Crippen LogP contribution in [-0.4, -0.2) is 37.2 Å². The molecule has 0 rings (SSSR count). The lowest BCUT2D eigenvalue weighted by atomic mass is 10.0. The highest BCUT2D eigenvalue weighted by Gasteiger charge is 2.19. The van der Waals surface area contributed by atoms with Gasteiger partial charge in [-0.2, -0.15) is 0 Å². The van der Waals surface area contributed by atoms with Gasteiger partial charge >= 0.3 is 17.9 Å². The molecule has 0 aromatic carbocycles. The summed E-state index contributed by atoms with van der Waals surface area (Å²) in [5, 5.41) is 0. The zero-order valence-corrected chi connectivity index (χ0v) is 40.4. The first-order valence-corrected chi connectivity index (χ1v) is 26.2. The fourth-order valence-electron chi connectivity index (χ4n) is 7.99. The maximum absolute atomic E-state index is 12.7.